The molecule has 0 atom stereocenters. The Morgan fingerprint density at radius 2 is 1.84 bits per heavy atom. The maximum atomic E-state index is 12.0. The number of hydrogen-bond donors (Lipinski definition) is 2. The van der Waals surface area contributed by atoms with Crippen LogP contribution in [0.5, 0.6) is 0 Å². The van der Waals surface area contributed by atoms with Gasteiger partial charge in [-0.2, -0.15) is 0 Å². The molecule has 0 unspecified atom stereocenters. The van der Waals surface area contributed by atoms with E-state index in [1.165, 1.54) is 32.1 Å². The molecule has 2 saturated carbocycles. The number of nitrogens with one attached hydrogen (secondary N) is 1. The van der Waals surface area contributed by atoms with E-state index in [1.807, 2.05) is 0 Å². The number of unbranched alkanes of at least 4 members (excludes halogenated alkanes) is 1. The fraction of sp³-hybridized carbons (Fsp3) is 0.867. The van der Waals surface area contributed by atoms with E-state index in [-0.39, 0.29) is 11.9 Å². The van der Waals surface area contributed by atoms with Crippen LogP contribution in [0.3, 0.4) is 0 Å². The number of amides is 1. The smallest absolute Gasteiger partial charge is 0.319 e. The van der Waals surface area contributed by atoms with Gasteiger partial charge >= 0.3 is 5.97 Å². The molecule has 108 valence electrons. The van der Waals surface area contributed by atoms with Crippen LogP contribution in [0.2, 0.25) is 0 Å². The highest BCUT2D eigenvalue weighted by Gasteiger charge is 2.57. The molecule has 2 N–H and O–H groups in total. The summed E-state index contributed by atoms with van der Waals surface area (Å²) in [6, 6.07) is 0.196. The van der Waals surface area contributed by atoms with E-state index < -0.39 is 11.4 Å². The Morgan fingerprint density at radius 3 is 2.32 bits per heavy atom. The van der Waals surface area contributed by atoms with Crippen LogP contribution in [-0.2, 0) is 9.59 Å². The quantitative estimate of drug-likeness (QED) is 0.727. The normalized spacial score (nSPS) is 28.7. The molecule has 0 bridgehead atoms. The van der Waals surface area contributed by atoms with Crippen LogP contribution in [0, 0.1) is 11.3 Å². The van der Waals surface area contributed by atoms with Crippen LogP contribution in [0.1, 0.15) is 64.7 Å². The van der Waals surface area contributed by atoms with Crippen LogP contribution in [0.15, 0.2) is 0 Å². The van der Waals surface area contributed by atoms with Crippen molar-refractivity contribution in [2.24, 2.45) is 11.3 Å². The van der Waals surface area contributed by atoms with Gasteiger partial charge in [-0.25, -0.2) is 0 Å². The van der Waals surface area contributed by atoms with Gasteiger partial charge in [0.25, 0.3) is 0 Å². The molecular weight excluding hydrogens is 242 g/mol. The fourth-order valence-corrected chi connectivity index (χ4v) is 3.07. The Kier molecular flexibility index (Phi) is 4.48. The average molecular weight is 267 g/mol. The first-order valence-electron chi connectivity index (χ1n) is 7.63. The van der Waals surface area contributed by atoms with Crippen molar-refractivity contribution >= 4 is 11.9 Å². The van der Waals surface area contributed by atoms with E-state index >= 15 is 0 Å². The van der Waals surface area contributed by atoms with Crippen molar-refractivity contribution in [3.05, 3.63) is 0 Å². The van der Waals surface area contributed by atoms with E-state index in [9.17, 15) is 9.59 Å². The highest BCUT2D eigenvalue weighted by atomic mass is 16.4. The third-order valence-electron chi connectivity index (χ3n) is 4.74. The highest BCUT2D eigenvalue weighted by Crippen LogP contribution is 2.46. The summed E-state index contributed by atoms with van der Waals surface area (Å²) < 4.78 is 0. The van der Waals surface area contributed by atoms with E-state index in [0.717, 1.165) is 18.8 Å². The van der Waals surface area contributed by atoms with Crippen LogP contribution >= 0.6 is 0 Å². The minimum Gasteiger partial charge on any atom is -0.480 e. The fourth-order valence-electron chi connectivity index (χ4n) is 3.07. The molecule has 2 rings (SSSR count). The standard InChI is InChI=1S/C15H25NO3/c1-2-3-4-11-5-7-12(8-6-11)16-13(17)15(9-10-15)14(18)19/h11-12H,2-10H2,1H3,(H,16,17)(H,18,19). The molecule has 2 fully saturated rings. The summed E-state index contributed by atoms with van der Waals surface area (Å²) in [7, 11) is 0. The summed E-state index contributed by atoms with van der Waals surface area (Å²) in [6.45, 7) is 2.22. The first-order chi connectivity index (χ1) is 9.08. The Balaban J connectivity index is 1.74. The summed E-state index contributed by atoms with van der Waals surface area (Å²) in [6.07, 6.45) is 9.21. The molecule has 0 heterocycles. The highest BCUT2D eigenvalue weighted by molar-refractivity contribution is 6.04. The first kappa shape index (κ1) is 14.4. The van der Waals surface area contributed by atoms with Gasteiger partial charge in [-0.1, -0.05) is 26.2 Å². The molecule has 0 spiro atoms. The predicted molar refractivity (Wildman–Crippen MR) is 72.7 cm³/mol. The van der Waals surface area contributed by atoms with Gasteiger partial charge < -0.3 is 10.4 Å². The molecule has 0 aliphatic heterocycles. The molecule has 0 aromatic heterocycles. The van der Waals surface area contributed by atoms with Crippen molar-refractivity contribution in [3.8, 4) is 0 Å². The summed E-state index contributed by atoms with van der Waals surface area (Å²) in [4.78, 5) is 23.1. The lowest BCUT2D eigenvalue weighted by Gasteiger charge is -2.29. The van der Waals surface area contributed by atoms with Gasteiger partial charge in [0.15, 0.2) is 0 Å². The number of rotatable bonds is 6. The first-order valence-corrected chi connectivity index (χ1v) is 7.63. The average Bonchev–Trinajstić information content (AvgIpc) is 3.19. The van der Waals surface area contributed by atoms with Gasteiger partial charge in [-0.3, -0.25) is 9.59 Å². The molecule has 4 heteroatoms. The van der Waals surface area contributed by atoms with Crippen molar-refractivity contribution in [1.29, 1.82) is 0 Å². The molecular formula is C15H25NO3. The maximum absolute atomic E-state index is 12.0. The Morgan fingerprint density at radius 1 is 1.21 bits per heavy atom. The molecule has 4 nitrogen and oxygen atoms in total. The number of carbonyl (C=O) groups excluding carboxylic acids is 1. The summed E-state index contributed by atoms with van der Waals surface area (Å²) in [5.74, 6) is -0.402. The Labute approximate surface area is 115 Å². The monoisotopic (exact) mass is 267 g/mol. The molecule has 0 aromatic carbocycles. The molecule has 2 aliphatic carbocycles. The van der Waals surface area contributed by atoms with Crippen molar-refractivity contribution in [1.82, 2.24) is 5.32 Å². The lowest BCUT2D eigenvalue weighted by Crippen LogP contribution is -2.44. The van der Waals surface area contributed by atoms with Crippen molar-refractivity contribution < 1.29 is 14.7 Å². The molecule has 19 heavy (non-hydrogen) atoms. The zero-order chi connectivity index (χ0) is 13.9. The topological polar surface area (TPSA) is 66.4 Å². The van der Waals surface area contributed by atoms with Crippen LogP contribution in [0.4, 0.5) is 0 Å². The lowest BCUT2D eigenvalue weighted by molar-refractivity contribution is -0.149. The van der Waals surface area contributed by atoms with E-state index in [2.05, 4.69) is 12.2 Å². The van der Waals surface area contributed by atoms with Crippen LogP contribution in [-0.4, -0.2) is 23.0 Å². The van der Waals surface area contributed by atoms with Gasteiger partial charge in [0.1, 0.15) is 5.41 Å². The number of carboxylic acids is 1. The molecule has 2 aliphatic rings. The number of hydrogen-bond acceptors (Lipinski definition) is 2. The predicted octanol–water partition coefficient (Wildman–Crippen LogP) is 2.72. The summed E-state index contributed by atoms with van der Waals surface area (Å²) >= 11 is 0. The molecule has 1 amide bonds. The SMILES string of the molecule is CCCCC1CCC(NC(=O)C2(C(=O)O)CC2)CC1. The van der Waals surface area contributed by atoms with Crippen molar-refractivity contribution in [2.75, 3.05) is 0 Å². The Bertz CT molecular complexity index is 341. The molecule has 0 saturated heterocycles. The van der Waals surface area contributed by atoms with Gasteiger partial charge in [0.2, 0.25) is 5.91 Å². The van der Waals surface area contributed by atoms with Crippen LogP contribution in [0.25, 0.3) is 0 Å². The second kappa shape index (κ2) is 5.93. The second-order valence-corrected chi connectivity index (χ2v) is 6.22. The number of carboxylic acid groups (broad SMARTS) is 1. The maximum Gasteiger partial charge on any atom is 0.319 e. The number of carbonyl (C=O) groups is 2. The lowest BCUT2D eigenvalue weighted by atomic mass is 9.83. The summed E-state index contributed by atoms with van der Waals surface area (Å²) in [5, 5.41) is 12.0. The zero-order valence-corrected chi connectivity index (χ0v) is 11.8. The largest absolute Gasteiger partial charge is 0.480 e. The van der Waals surface area contributed by atoms with E-state index in [4.69, 9.17) is 5.11 Å². The second-order valence-electron chi connectivity index (χ2n) is 6.22. The Hall–Kier alpha value is -1.06. The third kappa shape index (κ3) is 3.28. The van der Waals surface area contributed by atoms with Gasteiger partial charge in [-0.15, -0.1) is 0 Å². The summed E-state index contributed by atoms with van der Waals surface area (Å²) in [5.41, 5.74) is -1.08. The number of aliphatic carboxylic acids is 1. The third-order valence-corrected chi connectivity index (χ3v) is 4.74. The minimum absolute atomic E-state index is 0.196. The van der Waals surface area contributed by atoms with E-state index in [1.54, 1.807) is 0 Å². The minimum atomic E-state index is -1.08. The molecule has 0 aromatic rings. The zero-order valence-electron chi connectivity index (χ0n) is 11.8. The van der Waals surface area contributed by atoms with Gasteiger partial charge in [0.05, 0.1) is 0 Å². The van der Waals surface area contributed by atoms with Crippen molar-refractivity contribution in [2.45, 2.75) is 70.8 Å². The van der Waals surface area contributed by atoms with Crippen molar-refractivity contribution in [3.63, 3.8) is 0 Å². The van der Waals surface area contributed by atoms with Gasteiger partial charge in [-0.05, 0) is 44.4 Å². The molecule has 0 radical (unpaired) electrons. The van der Waals surface area contributed by atoms with E-state index in [0.29, 0.717) is 12.8 Å². The van der Waals surface area contributed by atoms with Crippen LogP contribution < -0.4 is 5.32 Å². The van der Waals surface area contributed by atoms with Gasteiger partial charge in [0, 0.05) is 6.04 Å².